The summed E-state index contributed by atoms with van der Waals surface area (Å²) >= 11 is 0. The highest BCUT2D eigenvalue weighted by molar-refractivity contribution is 5.50. The summed E-state index contributed by atoms with van der Waals surface area (Å²) in [5.41, 5.74) is 2.26. The van der Waals surface area contributed by atoms with Crippen LogP contribution in [0.5, 0.6) is 0 Å². The van der Waals surface area contributed by atoms with Crippen LogP contribution in [0.1, 0.15) is 23.9 Å². The summed E-state index contributed by atoms with van der Waals surface area (Å²) in [5, 5.41) is 9.64. The number of aromatic amines is 1. The zero-order valence-electron chi connectivity index (χ0n) is 11.6. The summed E-state index contributed by atoms with van der Waals surface area (Å²) in [6.45, 7) is 2.87. The molecule has 1 atom stereocenters. The topological polar surface area (TPSA) is 58.1 Å². The van der Waals surface area contributed by atoms with Gasteiger partial charge in [0, 0.05) is 25.4 Å². The van der Waals surface area contributed by atoms with Crippen LogP contribution in [0.2, 0.25) is 0 Å². The van der Waals surface area contributed by atoms with Gasteiger partial charge in [-0.1, -0.05) is 36.4 Å². The third kappa shape index (κ3) is 4.64. The number of benzene rings is 1. The lowest BCUT2D eigenvalue weighted by Crippen LogP contribution is -2.11. The summed E-state index contributed by atoms with van der Waals surface area (Å²) in [6.07, 6.45) is 7.47. The number of aliphatic hydroxyl groups excluding tert-OH is 1. The Bertz CT molecular complexity index is 518. The molecule has 0 aliphatic carbocycles. The molecule has 20 heavy (non-hydrogen) atoms. The van der Waals surface area contributed by atoms with Crippen LogP contribution in [0.15, 0.2) is 42.7 Å². The fraction of sp³-hybridized carbons (Fsp3) is 0.312. The maximum Gasteiger partial charge on any atom is 0.110 e. The zero-order chi connectivity index (χ0) is 14.2. The molecule has 1 aromatic carbocycles. The summed E-state index contributed by atoms with van der Waals surface area (Å²) < 4.78 is 5.15. The van der Waals surface area contributed by atoms with Gasteiger partial charge in [-0.05, 0) is 18.1 Å². The van der Waals surface area contributed by atoms with Crippen LogP contribution in [0.4, 0.5) is 0 Å². The number of aliphatic hydroxyl groups is 1. The largest absolute Gasteiger partial charge is 0.387 e. The SMILES string of the molecule is CCOCC(O)C=Cc1ccc(Cc2ncc[nH]2)cc1. The summed E-state index contributed by atoms with van der Waals surface area (Å²) in [5.74, 6) is 0.959. The van der Waals surface area contributed by atoms with E-state index in [1.54, 1.807) is 12.3 Å². The molecule has 0 fully saturated rings. The molecule has 0 saturated heterocycles. The minimum Gasteiger partial charge on any atom is -0.387 e. The van der Waals surface area contributed by atoms with Crippen LogP contribution >= 0.6 is 0 Å². The van der Waals surface area contributed by atoms with E-state index < -0.39 is 6.10 Å². The standard InChI is InChI=1S/C16H20N2O2/c1-2-20-12-15(19)8-7-13-3-5-14(6-4-13)11-16-17-9-10-18-16/h3-10,15,19H,2,11-12H2,1H3,(H,17,18). The number of ether oxygens (including phenoxy) is 1. The second kappa shape index (κ2) is 7.62. The Labute approximate surface area is 119 Å². The number of nitrogens with one attached hydrogen (secondary N) is 1. The molecule has 0 amide bonds. The maximum absolute atomic E-state index is 9.64. The molecular weight excluding hydrogens is 252 g/mol. The smallest absolute Gasteiger partial charge is 0.110 e. The molecule has 2 rings (SSSR count). The third-order valence-electron chi connectivity index (χ3n) is 2.91. The Kier molecular flexibility index (Phi) is 5.53. The Hall–Kier alpha value is -1.91. The highest BCUT2D eigenvalue weighted by atomic mass is 16.5. The monoisotopic (exact) mass is 272 g/mol. The van der Waals surface area contributed by atoms with E-state index in [1.165, 1.54) is 5.56 Å². The Morgan fingerprint density at radius 2 is 2.15 bits per heavy atom. The van der Waals surface area contributed by atoms with Crippen molar-refractivity contribution in [3.8, 4) is 0 Å². The van der Waals surface area contributed by atoms with Crippen molar-refractivity contribution in [1.29, 1.82) is 0 Å². The van der Waals surface area contributed by atoms with Gasteiger partial charge in [-0.2, -0.15) is 0 Å². The average molecular weight is 272 g/mol. The van der Waals surface area contributed by atoms with Crippen LogP contribution < -0.4 is 0 Å². The van der Waals surface area contributed by atoms with Crippen molar-refractivity contribution in [3.63, 3.8) is 0 Å². The van der Waals surface area contributed by atoms with Gasteiger partial charge in [0.25, 0.3) is 0 Å². The molecule has 1 heterocycles. The molecule has 0 saturated carbocycles. The van der Waals surface area contributed by atoms with E-state index in [2.05, 4.69) is 22.1 Å². The highest BCUT2D eigenvalue weighted by Crippen LogP contribution is 2.09. The van der Waals surface area contributed by atoms with Crippen LogP contribution in [-0.4, -0.2) is 34.4 Å². The van der Waals surface area contributed by atoms with E-state index in [-0.39, 0.29) is 0 Å². The van der Waals surface area contributed by atoms with E-state index in [0.29, 0.717) is 13.2 Å². The molecule has 0 radical (unpaired) electrons. The van der Waals surface area contributed by atoms with Crippen molar-refractivity contribution < 1.29 is 9.84 Å². The van der Waals surface area contributed by atoms with Gasteiger partial charge in [-0.25, -0.2) is 4.98 Å². The van der Waals surface area contributed by atoms with E-state index in [4.69, 9.17) is 4.74 Å². The number of rotatable bonds is 7. The van der Waals surface area contributed by atoms with E-state index in [9.17, 15) is 5.11 Å². The van der Waals surface area contributed by atoms with E-state index in [1.807, 2.05) is 31.3 Å². The highest BCUT2D eigenvalue weighted by Gasteiger charge is 1.99. The lowest BCUT2D eigenvalue weighted by atomic mass is 10.1. The molecule has 0 aliphatic rings. The second-order valence-electron chi connectivity index (χ2n) is 4.54. The van der Waals surface area contributed by atoms with E-state index >= 15 is 0 Å². The predicted octanol–water partition coefficient (Wildman–Crippen LogP) is 2.41. The van der Waals surface area contributed by atoms with Gasteiger partial charge in [-0.15, -0.1) is 0 Å². The minimum atomic E-state index is -0.558. The first-order chi connectivity index (χ1) is 9.78. The average Bonchev–Trinajstić information content (AvgIpc) is 2.97. The molecule has 1 aromatic heterocycles. The van der Waals surface area contributed by atoms with Crippen molar-refractivity contribution in [3.05, 3.63) is 59.7 Å². The molecule has 0 bridgehead atoms. The number of nitrogens with zero attached hydrogens (tertiary/aromatic N) is 1. The summed E-state index contributed by atoms with van der Waals surface area (Å²) in [4.78, 5) is 7.29. The molecule has 2 aromatic rings. The van der Waals surface area contributed by atoms with Gasteiger partial charge in [-0.3, -0.25) is 0 Å². The van der Waals surface area contributed by atoms with Crippen molar-refractivity contribution in [2.24, 2.45) is 0 Å². The van der Waals surface area contributed by atoms with Crippen molar-refractivity contribution >= 4 is 6.08 Å². The maximum atomic E-state index is 9.64. The summed E-state index contributed by atoms with van der Waals surface area (Å²) in [6, 6.07) is 8.19. The fourth-order valence-corrected chi connectivity index (χ4v) is 1.85. The van der Waals surface area contributed by atoms with Crippen molar-refractivity contribution in [1.82, 2.24) is 9.97 Å². The molecular formula is C16H20N2O2. The summed E-state index contributed by atoms with van der Waals surface area (Å²) in [7, 11) is 0. The number of hydrogen-bond acceptors (Lipinski definition) is 3. The molecule has 0 aliphatic heterocycles. The molecule has 1 unspecified atom stereocenters. The normalized spacial score (nSPS) is 12.9. The number of hydrogen-bond donors (Lipinski definition) is 2. The molecule has 4 heteroatoms. The van der Waals surface area contributed by atoms with Gasteiger partial charge in [0.2, 0.25) is 0 Å². The second-order valence-corrected chi connectivity index (χ2v) is 4.54. The van der Waals surface area contributed by atoms with Gasteiger partial charge in [0.05, 0.1) is 12.7 Å². The van der Waals surface area contributed by atoms with Crippen LogP contribution in [0, 0.1) is 0 Å². The van der Waals surface area contributed by atoms with Crippen LogP contribution in [0.25, 0.3) is 6.08 Å². The van der Waals surface area contributed by atoms with Gasteiger partial charge < -0.3 is 14.8 Å². The Morgan fingerprint density at radius 3 is 2.80 bits per heavy atom. The number of aromatic nitrogens is 2. The first-order valence-electron chi connectivity index (χ1n) is 6.79. The molecule has 0 spiro atoms. The molecule has 4 nitrogen and oxygen atoms in total. The van der Waals surface area contributed by atoms with Gasteiger partial charge in [0.1, 0.15) is 5.82 Å². The van der Waals surface area contributed by atoms with Gasteiger partial charge in [0.15, 0.2) is 0 Å². The molecule has 106 valence electrons. The van der Waals surface area contributed by atoms with E-state index in [0.717, 1.165) is 17.8 Å². The lowest BCUT2D eigenvalue weighted by Gasteiger charge is -2.05. The fourth-order valence-electron chi connectivity index (χ4n) is 1.85. The Balaban J connectivity index is 1.89. The van der Waals surface area contributed by atoms with Crippen LogP contribution in [0.3, 0.4) is 0 Å². The van der Waals surface area contributed by atoms with Gasteiger partial charge >= 0.3 is 0 Å². The molecule has 2 N–H and O–H groups in total. The first kappa shape index (κ1) is 14.5. The Morgan fingerprint density at radius 1 is 1.35 bits per heavy atom. The zero-order valence-corrected chi connectivity index (χ0v) is 11.6. The number of imidazole rings is 1. The van der Waals surface area contributed by atoms with Crippen molar-refractivity contribution in [2.75, 3.05) is 13.2 Å². The van der Waals surface area contributed by atoms with Crippen molar-refractivity contribution in [2.45, 2.75) is 19.4 Å². The lowest BCUT2D eigenvalue weighted by molar-refractivity contribution is 0.0672. The minimum absolute atomic E-state index is 0.337. The number of H-pyrrole nitrogens is 1. The first-order valence-corrected chi connectivity index (χ1v) is 6.79. The predicted molar refractivity (Wildman–Crippen MR) is 79.4 cm³/mol. The van der Waals surface area contributed by atoms with Crippen LogP contribution in [-0.2, 0) is 11.2 Å². The quantitative estimate of drug-likeness (QED) is 0.813. The third-order valence-corrected chi connectivity index (χ3v) is 2.91.